The molecule has 0 amide bonds. The Morgan fingerprint density at radius 3 is 1.89 bits per heavy atom. The molecule has 0 aliphatic heterocycles. The molecule has 0 rings (SSSR count). The Labute approximate surface area is 164 Å². The van der Waals surface area contributed by atoms with Crippen LogP contribution >= 0.6 is 0 Å². The molecule has 13 heteroatoms. The maximum Gasteiger partial charge on any atom is 0.314 e. The largest absolute Gasteiger partial charge is 0.512 e. The highest BCUT2D eigenvalue weighted by Crippen LogP contribution is 2.25. The zero-order valence-electron chi connectivity index (χ0n) is 17.3. The number of aliphatic hydroxyl groups excluding tert-OH is 1. The van der Waals surface area contributed by atoms with E-state index in [0.717, 1.165) is 18.7 Å². The van der Waals surface area contributed by atoms with Crippen molar-refractivity contribution in [1.82, 2.24) is 0 Å². The van der Waals surface area contributed by atoms with E-state index in [4.69, 9.17) is 18.1 Å². The molecule has 0 aromatic rings. The van der Waals surface area contributed by atoms with E-state index in [2.05, 4.69) is 75.8 Å². The molecule has 0 saturated carbocycles. The number of hydrogen-bond donors (Lipinski definition) is 1. The van der Waals surface area contributed by atoms with Crippen LogP contribution in [-0.2, 0) is 42.9 Å². The van der Waals surface area contributed by atoms with Crippen molar-refractivity contribution in [2.75, 3.05) is 19.8 Å². The fourth-order valence-electron chi connectivity index (χ4n) is 2.25. The number of aliphatic hydroxyl groups is 1. The van der Waals surface area contributed by atoms with Crippen LogP contribution in [0.25, 0.3) is 0 Å². The van der Waals surface area contributed by atoms with Gasteiger partial charge in [0.15, 0.2) is 22.9 Å². The average Bonchev–Trinajstić information content (AvgIpc) is 2.48. The van der Waals surface area contributed by atoms with Gasteiger partial charge in [0, 0.05) is 16.7 Å². The van der Waals surface area contributed by atoms with E-state index >= 15 is 0 Å². The highest BCUT2D eigenvalue weighted by Gasteiger charge is 2.39. The van der Waals surface area contributed by atoms with E-state index in [1.54, 1.807) is 0 Å². The molecule has 1 N–H and O–H groups in total. The molecule has 0 fully saturated rings. The molecule has 0 saturated heterocycles. The normalized spacial score (nSPS) is 13.4. The van der Waals surface area contributed by atoms with E-state index in [0.29, 0.717) is 19.5 Å². The Morgan fingerprint density at radius 1 is 0.741 bits per heavy atom. The van der Waals surface area contributed by atoms with Gasteiger partial charge >= 0.3 is 8.56 Å². The van der Waals surface area contributed by atoms with Crippen molar-refractivity contribution in [3.8, 4) is 0 Å². The van der Waals surface area contributed by atoms with Crippen molar-refractivity contribution in [2.24, 2.45) is 0 Å². The van der Waals surface area contributed by atoms with Crippen molar-refractivity contribution in [1.29, 1.82) is 0 Å². The molecule has 0 heterocycles. The molecular weight excluding hydrogens is 412 g/mol. The Hall–Kier alpha value is -0.329. The molecule has 0 radical (unpaired) electrons. The summed E-state index contributed by atoms with van der Waals surface area (Å²) in [6, 6.07) is 0.884. The molecule has 0 aromatic carbocycles. The summed E-state index contributed by atoms with van der Waals surface area (Å²) in [7, 11) is -5.57. The lowest BCUT2D eigenvalue weighted by Crippen LogP contribution is -2.52. The fourth-order valence-corrected chi connectivity index (χ4v) is 14.8. The van der Waals surface area contributed by atoms with Gasteiger partial charge in [0.1, 0.15) is 12.9 Å². The number of hydrogen-bond acceptors (Lipinski definition) is 10. The van der Waals surface area contributed by atoms with Gasteiger partial charge in [-0.15, -0.1) is 0 Å². The molecule has 0 atom stereocenters. The van der Waals surface area contributed by atoms with Crippen molar-refractivity contribution in [2.45, 2.75) is 58.3 Å². The third-order valence-corrected chi connectivity index (χ3v) is 12.2. The summed E-state index contributed by atoms with van der Waals surface area (Å²) in [5.41, 5.74) is 0. The predicted molar refractivity (Wildman–Crippen MR) is 104 cm³/mol. The SMILES string of the molecule is C[Si](C)(C)O[Si](C)(CCCOCCOOOOOOC=CO)O[Si](C)(C)C. The quantitative estimate of drug-likeness (QED) is 0.116. The van der Waals surface area contributed by atoms with Crippen LogP contribution in [0, 0.1) is 0 Å². The van der Waals surface area contributed by atoms with Gasteiger partial charge in [-0.05, 0) is 68.4 Å². The van der Waals surface area contributed by atoms with Crippen molar-refractivity contribution in [3.63, 3.8) is 0 Å². The van der Waals surface area contributed by atoms with Gasteiger partial charge in [-0.3, -0.25) is 0 Å². The van der Waals surface area contributed by atoms with Crippen molar-refractivity contribution >= 4 is 25.2 Å². The highest BCUT2D eigenvalue weighted by molar-refractivity contribution is 6.87. The zero-order chi connectivity index (χ0) is 20.8. The maximum absolute atomic E-state index is 8.21. The molecule has 0 unspecified atom stereocenters. The third-order valence-electron chi connectivity index (χ3n) is 2.56. The van der Waals surface area contributed by atoms with Crippen LogP contribution < -0.4 is 0 Å². The minimum atomic E-state index is -2.22. The summed E-state index contributed by atoms with van der Waals surface area (Å²) >= 11 is 0. The lowest BCUT2D eigenvalue weighted by atomic mass is 10.5. The van der Waals surface area contributed by atoms with Crippen LogP contribution in [0.5, 0.6) is 0 Å². The van der Waals surface area contributed by atoms with Crippen molar-refractivity contribution in [3.05, 3.63) is 12.5 Å². The molecule has 27 heavy (non-hydrogen) atoms. The van der Waals surface area contributed by atoms with Gasteiger partial charge in [-0.2, -0.15) is 0 Å². The van der Waals surface area contributed by atoms with Gasteiger partial charge in [0.2, 0.25) is 0 Å². The average molecular weight is 447 g/mol. The van der Waals surface area contributed by atoms with E-state index in [-0.39, 0.29) is 6.61 Å². The standard InChI is InChI=1S/C14H34O10Si3/c1-25(2,3)23-27(7,24-26(4,5)6)14-8-10-16-12-13-18-20-22-21-19-17-11-9-15/h9,11,15H,8,10,12-14H2,1-7H3. The summed E-state index contributed by atoms with van der Waals surface area (Å²) in [6.45, 7) is 16.3. The van der Waals surface area contributed by atoms with Gasteiger partial charge in [0.25, 0.3) is 0 Å². The first-order chi connectivity index (χ1) is 12.5. The minimum absolute atomic E-state index is 0.131. The second kappa shape index (κ2) is 13.8. The lowest BCUT2D eigenvalue weighted by Gasteiger charge is -2.38. The predicted octanol–water partition coefficient (Wildman–Crippen LogP) is 3.87. The maximum atomic E-state index is 8.21. The number of rotatable bonds is 17. The van der Waals surface area contributed by atoms with Crippen LogP contribution in [0.15, 0.2) is 12.5 Å². The summed E-state index contributed by atoms with van der Waals surface area (Å²) < 4.78 is 18.3. The van der Waals surface area contributed by atoms with E-state index < -0.39 is 25.2 Å². The summed E-state index contributed by atoms with van der Waals surface area (Å²) in [4.78, 5) is 8.71. The molecule has 10 nitrogen and oxygen atoms in total. The molecule has 162 valence electrons. The van der Waals surface area contributed by atoms with E-state index in [1.807, 2.05) is 0 Å². The first-order valence-corrected chi connectivity index (χ1v) is 18.0. The number of ether oxygens (including phenoxy) is 1. The fraction of sp³-hybridized carbons (Fsp3) is 0.857. The third kappa shape index (κ3) is 18.8. The second-order valence-electron chi connectivity index (χ2n) is 7.75. The molecule has 0 aromatic heterocycles. The Bertz CT molecular complexity index is 382. The highest BCUT2D eigenvalue weighted by atomic mass is 28.5. The van der Waals surface area contributed by atoms with Gasteiger partial charge in [0.05, 0.1) is 6.61 Å². The molecule has 0 bridgehead atoms. The summed E-state index contributed by atoms with van der Waals surface area (Å²) in [5.74, 6) is 0. The first-order valence-electron chi connectivity index (χ1n) is 8.70. The first kappa shape index (κ1) is 26.7. The Kier molecular flexibility index (Phi) is 13.6. The van der Waals surface area contributed by atoms with Crippen LogP contribution in [0.4, 0.5) is 0 Å². The van der Waals surface area contributed by atoms with Gasteiger partial charge in [-0.1, -0.05) is 0 Å². The van der Waals surface area contributed by atoms with Crippen molar-refractivity contribution < 1.29 is 48.0 Å². The Balaban J connectivity index is 3.83. The minimum Gasteiger partial charge on any atom is -0.512 e. The van der Waals surface area contributed by atoms with Crippen LogP contribution in [-0.4, -0.2) is 50.1 Å². The zero-order valence-corrected chi connectivity index (χ0v) is 20.3. The lowest BCUT2D eigenvalue weighted by molar-refractivity contribution is -0.751. The summed E-state index contributed by atoms with van der Waals surface area (Å²) in [5, 5.41) is 24.2. The van der Waals surface area contributed by atoms with E-state index in [1.165, 1.54) is 0 Å². The van der Waals surface area contributed by atoms with Crippen LogP contribution in [0.3, 0.4) is 0 Å². The van der Waals surface area contributed by atoms with E-state index in [9.17, 15) is 0 Å². The Morgan fingerprint density at radius 2 is 1.33 bits per heavy atom. The van der Waals surface area contributed by atoms with Crippen LogP contribution in [0.2, 0.25) is 51.9 Å². The van der Waals surface area contributed by atoms with Crippen LogP contribution in [0.1, 0.15) is 6.42 Å². The smallest absolute Gasteiger partial charge is 0.314 e. The second-order valence-corrected chi connectivity index (χ2v) is 20.6. The molecule has 0 spiro atoms. The monoisotopic (exact) mass is 446 g/mol. The topological polar surface area (TPSA) is 103 Å². The van der Waals surface area contributed by atoms with Gasteiger partial charge in [-0.25, -0.2) is 4.89 Å². The summed E-state index contributed by atoms with van der Waals surface area (Å²) in [6.07, 6.45) is 2.24. The van der Waals surface area contributed by atoms with Gasteiger partial charge < -0.3 is 23.0 Å². The molecular formula is C14H34O10Si3. The molecule has 0 aliphatic rings. The molecule has 0 aliphatic carbocycles.